The normalized spacial score (nSPS) is 15.3. The first kappa shape index (κ1) is 16.3. The van der Waals surface area contributed by atoms with Crippen molar-refractivity contribution in [3.8, 4) is 5.75 Å². The van der Waals surface area contributed by atoms with Gasteiger partial charge in [0.1, 0.15) is 11.6 Å². The summed E-state index contributed by atoms with van der Waals surface area (Å²) in [5, 5.41) is 12.5. The highest BCUT2D eigenvalue weighted by Gasteiger charge is 2.15. The Morgan fingerprint density at radius 2 is 1.92 bits per heavy atom. The number of anilines is 1. The van der Waals surface area contributed by atoms with Gasteiger partial charge in [-0.25, -0.2) is 4.98 Å². The van der Waals surface area contributed by atoms with E-state index >= 15 is 0 Å². The Morgan fingerprint density at radius 1 is 1.17 bits per heavy atom. The number of piperazine rings is 1. The molecule has 1 fully saturated rings. The van der Waals surface area contributed by atoms with Gasteiger partial charge >= 0.3 is 0 Å². The predicted molar refractivity (Wildman–Crippen MR) is 93.2 cm³/mol. The second kappa shape index (κ2) is 7.31. The molecule has 1 aromatic heterocycles. The number of hydrogen-bond acceptors (Lipinski definition) is 5. The molecule has 0 spiro atoms. The minimum atomic E-state index is -0.295. The summed E-state index contributed by atoms with van der Waals surface area (Å²) in [4.78, 5) is 21.2. The molecular weight excluding hydrogens is 304 g/mol. The van der Waals surface area contributed by atoms with Gasteiger partial charge in [-0.3, -0.25) is 4.79 Å². The SMILES string of the molecule is CN1CCN(c2ccc(CNC(=O)c3ccccc3O)cn2)CC1. The summed E-state index contributed by atoms with van der Waals surface area (Å²) in [6.45, 7) is 4.42. The third kappa shape index (κ3) is 3.83. The zero-order valence-corrected chi connectivity index (χ0v) is 13.8. The largest absolute Gasteiger partial charge is 0.507 e. The van der Waals surface area contributed by atoms with E-state index in [-0.39, 0.29) is 17.2 Å². The van der Waals surface area contributed by atoms with Crippen LogP contribution in [0.5, 0.6) is 5.75 Å². The highest BCUT2D eigenvalue weighted by molar-refractivity contribution is 5.96. The number of likely N-dealkylation sites (N-methyl/N-ethyl adjacent to an activating group) is 1. The summed E-state index contributed by atoms with van der Waals surface area (Å²) in [7, 11) is 2.13. The molecule has 0 atom stereocenters. The molecule has 1 saturated heterocycles. The topological polar surface area (TPSA) is 68.7 Å². The Labute approximate surface area is 141 Å². The van der Waals surface area contributed by atoms with Crippen LogP contribution >= 0.6 is 0 Å². The number of phenolic OH excluding ortho intramolecular Hbond substituents is 1. The number of benzene rings is 1. The maximum atomic E-state index is 12.1. The van der Waals surface area contributed by atoms with Crippen molar-refractivity contribution in [2.24, 2.45) is 0 Å². The Kier molecular flexibility index (Phi) is 4.96. The molecule has 0 aliphatic carbocycles. The lowest BCUT2D eigenvalue weighted by Crippen LogP contribution is -2.44. The molecule has 126 valence electrons. The zero-order valence-electron chi connectivity index (χ0n) is 13.8. The molecule has 3 rings (SSSR count). The van der Waals surface area contributed by atoms with E-state index in [2.05, 4.69) is 27.1 Å². The van der Waals surface area contributed by atoms with E-state index in [1.54, 1.807) is 24.4 Å². The van der Waals surface area contributed by atoms with Crippen molar-refractivity contribution < 1.29 is 9.90 Å². The minimum Gasteiger partial charge on any atom is -0.507 e. The average Bonchev–Trinajstić information content (AvgIpc) is 2.61. The number of rotatable bonds is 4. The molecule has 6 nitrogen and oxygen atoms in total. The van der Waals surface area contributed by atoms with E-state index in [9.17, 15) is 9.90 Å². The van der Waals surface area contributed by atoms with Crippen molar-refractivity contribution in [2.75, 3.05) is 38.1 Å². The van der Waals surface area contributed by atoms with Crippen molar-refractivity contribution in [3.63, 3.8) is 0 Å². The summed E-state index contributed by atoms with van der Waals surface area (Å²) in [6.07, 6.45) is 1.79. The van der Waals surface area contributed by atoms with Crippen LogP contribution in [0.4, 0.5) is 5.82 Å². The summed E-state index contributed by atoms with van der Waals surface area (Å²) in [5.74, 6) is 0.661. The van der Waals surface area contributed by atoms with Crippen LogP contribution in [0.2, 0.25) is 0 Å². The van der Waals surface area contributed by atoms with Crippen molar-refractivity contribution in [3.05, 3.63) is 53.7 Å². The molecular formula is C18H22N4O2. The number of para-hydroxylation sites is 1. The Morgan fingerprint density at radius 3 is 2.58 bits per heavy atom. The monoisotopic (exact) mass is 326 g/mol. The summed E-state index contributed by atoms with van der Waals surface area (Å²) in [5.41, 5.74) is 1.20. The van der Waals surface area contributed by atoms with Gasteiger partial charge in [0, 0.05) is 38.9 Å². The lowest BCUT2D eigenvalue weighted by atomic mass is 10.2. The van der Waals surface area contributed by atoms with E-state index in [4.69, 9.17) is 0 Å². The lowest BCUT2D eigenvalue weighted by molar-refractivity contribution is 0.0948. The highest BCUT2D eigenvalue weighted by atomic mass is 16.3. The fourth-order valence-electron chi connectivity index (χ4n) is 2.69. The molecule has 6 heteroatoms. The summed E-state index contributed by atoms with van der Waals surface area (Å²) < 4.78 is 0. The molecule has 2 heterocycles. The fraction of sp³-hybridized carbons (Fsp3) is 0.333. The van der Waals surface area contributed by atoms with Crippen LogP contribution in [0.25, 0.3) is 0 Å². The first-order valence-electron chi connectivity index (χ1n) is 8.08. The first-order chi connectivity index (χ1) is 11.6. The molecule has 1 aromatic carbocycles. The molecule has 1 amide bonds. The quantitative estimate of drug-likeness (QED) is 0.890. The average molecular weight is 326 g/mol. The number of pyridine rings is 1. The predicted octanol–water partition coefficient (Wildman–Crippen LogP) is 1.47. The van der Waals surface area contributed by atoms with Crippen LogP contribution < -0.4 is 10.2 Å². The Bertz CT molecular complexity index is 694. The molecule has 24 heavy (non-hydrogen) atoms. The maximum Gasteiger partial charge on any atom is 0.255 e. The third-order valence-electron chi connectivity index (χ3n) is 4.24. The van der Waals surface area contributed by atoms with Gasteiger partial charge in [0.2, 0.25) is 0 Å². The van der Waals surface area contributed by atoms with Gasteiger partial charge in [-0.15, -0.1) is 0 Å². The van der Waals surface area contributed by atoms with Crippen molar-refractivity contribution in [1.82, 2.24) is 15.2 Å². The van der Waals surface area contributed by atoms with Gasteiger partial charge in [0.15, 0.2) is 0 Å². The zero-order chi connectivity index (χ0) is 16.9. The number of carbonyl (C=O) groups excluding carboxylic acids is 1. The van der Waals surface area contributed by atoms with E-state index in [0.29, 0.717) is 6.54 Å². The van der Waals surface area contributed by atoms with Gasteiger partial charge in [0.25, 0.3) is 5.91 Å². The summed E-state index contributed by atoms with van der Waals surface area (Å²) >= 11 is 0. The third-order valence-corrected chi connectivity index (χ3v) is 4.24. The summed E-state index contributed by atoms with van der Waals surface area (Å²) in [6, 6.07) is 10.5. The van der Waals surface area contributed by atoms with Crippen molar-refractivity contribution in [1.29, 1.82) is 0 Å². The number of nitrogens with one attached hydrogen (secondary N) is 1. The highest BCUT2D eigenvalue weighted by Crippen LogP contribution is 2.16. The smallest absolute Gasteiger partial charge is 0.255 e. The fourth-order valence-corrected chi connectivity index (χ4v) is 2.69. The van der Waals surface area contributed by atoms with Crippen LogP contribution in [0, 0.1) is 0 Å². The van der Waals surface area contributed by atoms with Gasteiger partial charge in [-0.1, -0.05) is 18.2 Å². The second-order valence-corrected chi connectivity index (χ2v) is 6.01. The molecule has 0 radical (unpaired) electrons. The number of nitrogens with zero attached hydrogens (tertiary/aromatic N) is 3. The van der Waals surface area contributed by atoms with E-state index in [1.807, 2.05) is 12.1 Å². The molecule has 0 saturated carbocycles. The van der Waals surface area contributed by atoms with Gasteiger partial charge in [-0.2, -0.15) is 0 Å². The molecule has 2 N–H and O–H groups in total. The Hall–Kier alpha value is -2.60. The van der Waals surface area contributed by atoms with E-state index in [0.717, 1.165) is 37.6 Å². The van der Waals surface area contributed by atoms with E-state index in [1.165, 1.54) is 6.07 Å². The van der Waals surface area contributed by atoms with Gasteiger partial charge in [-0.05, 0) is 30.8 Å². The van der Waals surface area contributed by atoms with Gasteiger partial charge in [0.05, 0.1) is 5.56 Å². The first-order valence-corrected chi connectivity index (χ1v) is 8.08. The van der Waals surface area contributed by atoms with Crippen LogP contribution in [0.3, 0.4) is 0 Å². The molecule has 1 aliphatic rings. The molecule has 0 unspecified atom stereocenters. The number of aromatic nitrogens is 1. The number of carbonyl (C=O) groups is 1. The van der Waals surface area contributed by atoms with E-state index < -0.39 is 0 Å². The number of amides is 1. The number of aromatic hydroxyl groups is 1. The van der Waals surface area contributed by atoms with Crippen molar-refractivity contribution in [2.45, 2.75) is 6.54 Å². The van der Waals surface area contributed by atoms with Gasteiger partial charge < -0.3 is 20.2 Å². The molecule has 1 aliphatic heterocycles. The number of phenols is 1. The molecule has 2 aromatic rings. The Balaban J connectivity index is 1.57. The molecule has 0 bridgehead atoms. The van der Waals surface area contributed by atoms with Crippen LogP contribution in [-0.4, -0.2) is 54.1 Å². The minimum absolute atomic E-state index is 0.0152. The number of hydrogen-bond donors (Lipinski definition) is 2. The van der Waals surface area contributed by atoms with Crippen LogP contribution in [0.1, 0.15) is 15.9 Å². The standard InChI is InChI=1S/C18H22N4O2/c1-21-8-10-22(11-9-21)17-7-6-14(12-19-17)13-20-18(24)15-4-2-3-5-16(15)23/h2-7,12,23H,8-11,13H2,1H3,(H,20,24). The lowest BCUT2D eigenvalue weighted by Gasteiger charge is -2.33. The maximum absolute atomic E-state index is 12.1. The second-order valence-electron chi connectivity index (χ2n) is 6.01. The van der Waals surface area contributed by atoms with Crippen LogP contribution in [0.15, 0.2) is 42.6 Å². The van der Waals surface area contributed by atoms with Crippen molar-refractivity contribution >= 4 is 11.7 Å². The van der Waals surface area contributed by atoms with Crippen LogP contribution in [-0.2, 0) is 6.54 Å².